The maximum absolute atomic E-state index is 13.8. The summed E-state index contributed by atoms with van der Waals surface area (Å²) in [6, 6.07) is 3.32. The lowest BCUT2D eigenvalue weighted by Crippen LogP contribution is -2.43. The molecule has 0 radical (unpaired) electrons. The number of esters is 1. The lowest BCUT2D eigenvalue weighted by atomic mass is 9.92. The Bertz CT molecular complexity index is 1200. The Morgan fingerprint density at radius 2 is 1.76 bits per heavy atom. The van der Waals surface area contributed by atoms with Crippen LogP contribution in [0.4, 0.5) is 29.3 Å². The molecule has 2 aromatic heterocycles. The minimum absolute atomic E-state index is 0.0321. The van der Waals surface area contributed by atoms with Crippen molar-refractivity contribution in [2.75, 3.05) is 37.3 Å². The first-order valence-electron chi connectivity index (χ1n) is 14.3. The molecule has 0 bridgehead atoms. The highest BCUT2D eigenvalue weighted by atomic mass is 19.4. The minimum Gasteiger partial charge on any atom is -0.456 e. The summed E-state index contributed by atoms with van der Waals surface area (Å²) in [7, 11) is 2.05. The molecule has 1 saturated heterocycles. The number of anilines is 2. The monoisotopic (exact) mass is 595 g/mol. The van der Waals surface area contributed by atoms with Crippen molar-refractivity contribution in [3.8, 4) is 11.3 Å². The maximum atomic E-state index is 13.8. The molecule has 2 fully saturated rings. The first kappa shape index (κ1) is 31.4. The van der Waals surface area contributed by atoms with Gasteiger partial charge in [-0.15, -0.1) is 0 Å². The van der Waals surface area contributed by atoms with Crippen LogP contribution in [0.5, 0.6) is 0 Å². The summed E-state index contributed by atoms with van der Waals surface area (Å²) in [5, 5.41) is 9.26. The SMILES string of the molecule is CC[C@H](F)CNc1ncc(-c2ccc(C(=O)NC3CCN(C)CC3)cn2)c(NC2CCC(OC(=O)C(F)(F)F)CC2)n1. The van der Waals surface area contributed by atoms with Crippen molar-refractivity contribution >= 4 is 23.6 Å². The number of pyridine rings is 1. The number of hydrogen-bond donors (Lipinski definition) is 3. The average molecular weight is 596 g/mol. The fraction of sp³-hybridized carbons (Fsp3) is 0.607. The quantitative estimate of drug-likeness (QED) is 0.272. The van der Waals surface area contributed by atoms with Crippen LogP contribution < -0.4 is 16.0 Å². The molecule has 1 amide bonds. The van der Waals surface area contributed by atoms with Gasteiger partial charge in [-0.1, -0.05) is 6.92 Å². The van der Waals surface area contributed by atoms with Crippen molar-refractivity contribution in [3.05, 3.63) is 30.1 Å². The molecule has 4 rings (SSSR count). The fourth-order valence-corrected chi connectivity index (χ4v) is 4.96. The van der Waals surface area contributed by atoms with Crippen molar-refractivity contribution in [2.45, 2.75) is 82.4 Å². The second-order valence-electron chi connectivity index (χ2n) is 10.8. The fourth-order valence-electron chi connectivity index (χ4n) is 4.96. The second kappa shape index (κ2) is 14.1. The first-order chi connectivity index (χ1) is 20.0. The number of likely N-dealkylation sites (tertiary alicyclic amines) is 1. The Morgan fingerprint density at radius 1 is 1.05 bits per heavy atom. The van der Waals surface area contributed by atoms with Crippen LogP contribution in [0.3, 0.4) is 0 Å². The number of nitrogens with one attached hydrogen (secondary N) is 3. The summed E-state index contributed by atoms with van der Waals surface area (Å²) >= 11 is 0. The van der Waals surface area contributed by atoms with E-state index in [9.17, 15) is 27.2 Å². The van der Waals surface area contributed by atoms with Gasteiger partial charge in [0.2, 0.25) is 5.95 Å². The van der Waals surface area contributed by atoms with Crippen molar-refractivity contribution in [3.63, 3.8) is 0 Å². The molecule has 42 heavy (non-hydrogen) atoms. The average Bonchev–Trinajstić information content (AvgIpc) is 2.97. The molecular formula is C28H37F4N7O3. The van der Waals surface area contributed by atoms with Gasteiger partial charge in [0.1, 0.15) is 18.1 Å². The molecule has 3 N–H and O–H groups in total. The summed E-state index contributed by atoms with van der Waals surface area (Å²) in [5.74, 6) is -1.76. The van der Waals surface area contributed by atoms with Gasteiger partial charge in [-0.05, 0) is 77.2 Å². The molecule has 10 nitrogen and oxygen atoms in total. The van der Waals surface area contributed by atoms with E-state index in [0.717, 1.165) is 25.9 Å². The molecule has 1 atom stereocenters. The van der Waals surface area contributed by atoms with Crippen LogP contribution in [-0.4, -0.2) is 88.9 Å². The van der Waals surface area contributed by atoms with Gasteiger partial charge < -0.3 is 25.6 Å². The van der Waals surface area contributed by atoms with Crippen LogP contribution in [0, 0.1) is 0 Å². The van der Waals surface area contributed by atoms with E-state index >= 15 is 0 Å². The van der Waals surface area contributed by atoms with Crippen LogP contribution in [0.15, 0.2) is 24.5 Å². The predicted molar refractivity (Wildman–Crippen MR) is 149 cm³/mol. The number of piperidine rings is 1. The van der Waals surface area contributed by atoms with Gasteiger partial charge in [0, 0.05) is 31.0 Å². The molecule has 3 heterocycles. The van der Waals surface area contributed by atoms with E-state index in [1.807, 2.05) is 0 Å². The largest absolute Gasteiger partial charge is 0.490 e. The van der Waals surface area contributed by atoms with Gasteiger partial charge in [0.05, 0.1) is 16.8 Å². The Hall–Kier alpha value is -3.55. The van der Waals surface area contributed by atoms with Crippen LogP contribution in [-0.2, 0) is 9.53 Å². The number of ether oxygens (including phenoxy) is 1. The number of amides is 1. The molecular weight excluding hydrogens is 558 g/mol. The molecule has 1 saturated carbocycles. The Balaban J connectivity index is 1.45. The molecule has 14 heteroatoms. The highest BCUT2D eigenvalue weighted by molar-refractivity contribution is 5.94. The zero-order valence-electron chi connectivity index (χ0n) is 23.7. The van der Waals surface area contributed by atoms with E-state index < -0.39 is 24.4 Å². The van der Waals surface area contributed by atoms with Gasteiger partial charge in [-0.25, -0.2) is 14.2 Å². The minimum atomic E-state index is -5.03. The van der Waals surface area contributed by atoms with E-state index in [0.29, 0.717) is 41.9 Å². The van der Waals surface area contributed by atoms with Crippen molar-refractivity contribution in [1.82, 2.24) is 25.2 Å². The predicted octanol–water partition coefficient (Wildman–Crippen LogP) is 4.35. The zero-order valence-corrected chi connectivity index (χ0v) is 23.7. The van der Waals surface area contributed by atoms with Crippen LogP contribution in [0.25, 0.3) is 11.3 Å². The van der Waals surface area contributed by atoms with E-state index in [1.54, 1.807) is 25.3 Å². The van der Waals surface area contributed by atoms with Gasteiger partial charge in [0.25, 0.3) is 5.91 Å². The highest BCUT2D eigenvalue weighted by Gasteiger charge is 2.42. The Kier molecular flexibility index (Phi) is 10.5. The van der Waals surface area contributed by atoms with E-state index in [4.69, 9.17) is 0 Å². The third kappa shape index (κ3) is 8.73. The lowest BCUT2D eigenvalue weighted by Gasteiger charge is -2.30. The number of aromatic nitrogens is 3. The molecule has 0 spiro atoms. The number of rotatable bonds is 10. The number of carbonyl (C=O) groups excluding carboxylic acids is 2. The Morgan fingerprint density at radius 3 is 2.38 bits per heavy atom. The van der Waals surface area contributed by atoms with Crippen molar-refractivity contribution < 1.29 is 31.9 Å². The van der Waals surface area contributed by atoms with Crippen LogP contribution in [0.1, 0.15) is 62.2 Å². The molecule has 1 aliphatic heterocycles. The maximum Gasteiger partial charge on any atom is 0.490 e. The normalized spacial score (nSPS) is 20.9. The van der Waals surface area contributed by atoms with Crippen molar-refractivity contribution in [1.29, 1.82) is 0 Å². The third-order valence-electron chi connectivity index (χ3n) is 7.59. The van der Waals surface area contributed by atoms with Crippen molar-refractivity contribution in [2.24, 2.45) is 0 Å². The smallest absolute Gasteiger partial charge is 0.456 e. The second-order valence-corrected chi connectivity index (χ2v) is 10.8. The highest BCUT2D eigenvalue weighted by Crippen LogP contribution is 2.30. The molecule has 0 unspecified atom stereocenters. The van der Waals surface area contributed by atoms with Crippen LogP contribution >= 0.6 is 0 Å². The third-order valence-corrected chi connectivity index (χ3v) is 7.59. The summed E-state index contributed by atoms with van der Waals surface area (Å²) < 4.78 is 56.2. The number of carbonyl (C=O) groups is 2. The van der Waals surface area contributed by atoms with Gasteiger partial charge >= 0.3 is 12.1 Å². The number of alkyl halides is 4. The lowest BCUT2D eigenvalue weighted by molar-refractivity contribution is -0.206. The standard InChI is InChI=1S/C28H37F4N7O3/c1-3-18(29)15-34-27-35-16-22(23-9-4-17(14-33-23)25(40)37-20-10-12-39(2)13-11-20)24(38-27)36-19-5-7-21(8-6-19)42-26(41)28(30,31)32/h4,9,14,16,18-21H,3,5-8,10-13,15H2,1-2H3,(H,37,40)(H2,34,35,36,38)/t18-,19?,21?/m0/s1. The summed E-state index contributed by atoms with van der Waals surface area (Å²) in [4.78, 5) is 39.5. The number of halogens is 4. The van der Waals surface area contributed by atoms with E-state index in [2.05, 4.69) is 47.6 Å². The Labute approximate surface area is 242 Å². The van der Waals surface area contributed by atoms with Gasteiger partial charge in [-0.3, -0.25) is 9.78 Å². The molecule has 2 aromatic rings. The van der Waals surface area contributed by atoms with E-state index in [1.165, 1.54) is 6.20 Å². The number of hydrogen-bond acceptors (Lipinski definition) is 9. The van der Waals surface area contributed by atoms with Crippen LogP contribution in [0.2, 0.25) is 0 Å². The molecule has 230 valence electrons. The topological polar surface area (TPSA) is 121 Å². The molecule has 0 aromatic carbocycles. The summed E-state index contributed by atoms with van der Waals surface area (Å²) in [5.41, 5.74) is 1.47. The summed E-state index contributed by atoms with van der Waals surface area (Å²) in [6.07, 6.45) is -0.390. The number of nitrogens with zero attached hydrogens (tertiary/aromatic N) is 4. The molecule has 1 aliphatic carbocycles. The van der Waals surface area contributed by atoms with E-state index in [-0.39, 0.29) is 43.3 Å². The van der Waals surface area contributed by atoms with Gasteiger partial charge in [0.15, 0.2) is 0 Å². The molecule has 2 aliphatic rings. The zero-order chi connectivity index (χ0) is 30.3. The first-order valence-corrected chi connectivity index (χ1v) is 14.3. The summed E-state index contributed by atoms with van der Waals surface area (Å²) in [6.45, 7) is 3.61. The van der Waals surface area contributed by atoms with Gasteiger partial charge in [-0.2, -0.15) is 18.2 Å².